The van der Waals surface area contributed by atoms with Crippen molar-refractivity contribution in [3.63, 3.8) is 0 Å². The number of urea groups is 1. The molecule has 2 heterocycles. The van der Waals surface area contributed by atoms with Gasteiger partial charge in [0.1, 0.15) is 0 Å². The zero-order valence-corrected chi connectivity index (χ0v) is 12.1. The van der Waals surface area contributed by atoms with Gasteiger partial charge in [0.05, 0.1) is 6.54 Å². The van der Waals surface area contributed by atoms with Crippen LogP contribution in [0.4, 0.5) is 18.0 Å². The Hall–Kier alpha value is -1.80. The summed E-state index contributed by atoms with van der Waals surface area (Å²) in [5.41, 5.74) is 0. The van der Waals surface area contributed by atoms with Crippen molar-refractivity contribution in [2.45, 2.75) is 57.4 Å². The minimum absolute atomic E-state index is 0.0572. The number of fused-ring (bicyclic) bond motifs is 1. The highest BCUT2D eigenvalue weighted by molar-refractivity contribution is 5.74. The normalized spacial score (nSPS) is 19.9. The lowest BCUT2D eigenvalue weighted by molar-refractivity contribution is -0.147. The van der Waals surface area contributed by atoms with E-state index >= 15 is 0 Å². The average Bonchev–Trinajstić information content (AvgIpc) is 2.91. The average molecular weight is 317 g/mol. The van der Waals surface area contributed by atoms with E-state index in [1.807, 2.05) is 0 Å². The van der Waals surface area contributed by atoms with Gasteiger partial charge in [-0.25, -0.2) is 4.79 Å². The fraction of sp³-hybridized carbons (Fsp3) is 0.769. The Kier molecular flexibility index (Phi) is 3.96. The number of hydrogen-bond acceptors (Lipinski definition) is 3. The van der Waals surface area contributed by atoms with Gasteiger partial charge < -0.3 is 14.8 Å². The van der Waals surface area contributed by atoms with E-state index in [-0.39, 0.29) is 37.5 Å². The first-order valence-corrected chi connectivity index (χ1v) is 7.50. The Morgan fingerprint density at radius 1 is 1.14 bits per heavy atom. The molecule has 0 bridgehead atoms. The van der Waals surface area contributed by atoms with Gasteiger partial charge in [-0.05, 0) is 12.8 Å². The second-order valence-electron chi connectivity index (χ2n) is 5.80. The summed E-state index contributed by atoms with van der Waals surface area (Å²) in [7, 11) is 0. The van der Waals surface area contributed by atoms with Gasteiger partial charge in [-0.15, -0.1) is 10.2 Å². The molecule has 22 heavy (non-hydrogen) atoms. The van der Waals surface area contributed by atoms with Crippen molar-refractivity contribution >= 4 is 6.03 Å². The summed E-state index contributed by atoms with van der Waals surface area (Å²) in [6.07, 6.45) is 0.821. The topological polar surface area (TPSA) is 63.1 Å². The number of halogens is 3. The van der Waals surface area contributed by atoms with Crippen molar-refractivity contribution in [1.29, 1.82) is 0 Å². The molecular weight excluding hydrogens is 299 g/mol. The monoisotopic (exact) mass is 317 g/mol. The number of alkyl halides is 3. The highest BCUT2D eigenvalue weighted by Crippen LogP contribution is 2.29. The fourth-order valence-corrected chi connectivity index (χ4v) is 3.05. The number of nitrogens with one attached hydrogen (secondary N) is 1. The van der Waals surface area contributed by atoms with Crippen LogP contribution in [0.3, 0.4) is 0 Å². The number of amides is 2. The number of carbonyl (C=O) groups excluding carboxylic acids is 1. The molecular formula is C13H18F3N5O. The molecule has 3 rings (SSSR count). The smallest absolute Gasteiger partial charge is 0.335 e. The van der Waals surface area contributed by atoms with Gasteiger partial charge in [0.15, 0.2) is 5.82 Å². The number of hydrogen-bond donors (Lipinski definition) is 1. The molecule has 2 amide bonds. The van der Waals surface area contributed by atoms with E-state index in [9.17, 15) is 18.0 Å². The number of aromatic nitrogens is 3. The van der Waals surface area contributed by atoms with Crippen LogP contribution < -0.4 is 5.32 Å². The molecule has 0 atom stereocenters. The molecule has 1 saturated carbocycles. The minimum Gasteiger partial charge on any atom is -0.335 e. The lowest BCUT2D eigenvalue weighted by Gasteiger charge is -2.31. The second-order valence-corrected chi connectivity index (χ2v) is 5.80. The second kappa shape index (κ2) is 5.77. The maximum atomic E-state index is 12.8. The van der Waals surface area contributed by atoms with Crippen LogP contribution in [0.1, 0.15) is 43.8 Å². The summed E-state index contributed by atoms with van der Waals surface area (Å²) in [5.74, 6) is -0.813. The van der Waals surface area contributed by atoms with Crippen LogP contribution in [0.5, 0.6) is 0 Å². The highest BCUT2D eigenvalue weighted by atomic mass is 19.4. The van der Waals surface area contributed by atoms with Gasteiger partial charge in [-0.2, -0.15) is 13.2 Å². The zero-order chi connectivity index (χ0) is 15.7. The Balaban J connectivity index is 1.64. The summed E-state index contributed by atoms with van der Waals surface area (Å²) in [4.78, 5) is 13.7. The first kappa shape index (κ1) is 15.1. The molecule has 0 unspecified atom stereocenters. The van der Waals surface area contributed by atoms with Crippen LogP contribution >= 0.6 is 0 Å². The minimum atomic E-state index is -4.52. The van der Waals surface area contributed by atoms with E-state index in [0.717, 1.165) is 30.3 Å². The fourth-order valence-electron chi connectivity index (χ4n) is 3.05. The lowest BCUT2D eigenvalue weighted by Crippen LogP contribution is -2.48. The molecule has 1 fully saturated rings. The molecule has 9 heteroatoms. The number of rotatable bonds is 1. The van der Waals surface area contributed by atoms with E-state index in [2.05, 4.69) is 15.5 Å². The van der Waals surface area contributed by atoms with Crippen LogP contribution in [0.15, 0.2) is 0 Å². The van der Waals surface area contributed by atoms with E-state index in [4.69, 9.17) is 0 Å². The highest BCUT2D eigenvalue weighted by Gasteiger charge is 2.40. The van der Waals surface area contributed by atoms with Crippen molar-refractivity contribution in [3.8, 4) is 0 Å². The molecule has 2 aliphatic rings. The van der Waals surface area contributed by atoms with E-state index < -0.39 is 12.0 Å². The maximum absolute atomic E-state index is 12.8. The summed E-state index contributed by atoms with van der Waals surface area (Å²) < 4.78 is 39.3. The van der Waals surface area contributed by atoms with Crippen LogP contribution in [0.25, 0.3) is 0 Å². The van der Waals surface area contributed by atoms with Crippen molar-refractivity contribution < 1.29 is 18.0 Å². The Morgan fingerprint density at radius 2 is 1.86 bits per heavy atom. The summed E-state index contributed by atoms with van der Waals surface area (Å²) in [6.45, 7) is 0.351. The quantitative estimate of drug-likeness (QED) is 0.863. The maximum Gasteiger partial charge on any atom is 0.451 e. The zero-order valence-electron chi connectivity index (χ0n) is 12.1. The molecule has 1 N–H and O–H groups in total. The number of nitrogens with zero attached hydrogens (tertiary/aromatic N) is 4. The standard InChI is InChI=1S/C13H18F3N5O/c14-13(15,16)11-19-18-10-8-20(6-7-21(10)11)12(22)17-9-4-2-1-3-5-9/h9H,1-8H2,(H,17,22). The Labute approximate surface area is 125 Å². The third kappa shape index (κ3) is 3.02. The van der Waals surface area contributed by atoms with E-state index in [1.54, 1.807) is 0 Å². The van der Waals surface area contributed by atoms with Crippen LogP contribution in [0.2, 0.25) is 0 Å². The van der Waals surface area contributed by atoms with Crippen molar-refractivity contribution in [2.75, 3.05) is 6.54 Å². The third-order valence-electron chi connectivity index (χ3n) is 4.23. The van der Waals surface area contributed by atoms with Crippen LogP contribution in [-0.4, -0.2) is 38.3 Å². The SMILES string of the molecule is O=C(NC1CCCCC1)N1CCn2c(nnc2C(F)(F)F)C1. The molecule has 1 aromatic heterocycles. The van der Waals surface area contributed by atoms with Gasteiger partial charge in [0.2, 0.25) is 5.82 Å². The predicted octanol–water partition coefficient (Wildman–Crippen LogP) is 2.15. The van der Waals surface area contributed by atoms with E-state index in [0.29, 0.717) is 0 Å². The van der Waals surface area contributed by atoms with Gasteiger partial charge in [-0.1, -0.05) is 19.3 Å². The molecule has 122 valence electrons. The van der Waals surface area contributed by atoms with Gasteiger partial charge in [0.25, 0.3) is 0 Å². The van der Waals surface area contributed by atoms with Crippen LogP contribution in [0, 0.1) is 0 Å². The first-order valence-electron chi connectivity index (χ1n) is 7.50. The molecule has 1 aromatic rings. The van der Waals surface area contributed by atoms with Gasteiger partial charge >= 0.3 is 12.2 Å². The molecule has 0 radical (unpaired) electrons. The third-order valence-corrected chi connectivity index (χ3v) is 4.23. The lowest BCUT2D eigenvalue weighted by atomic mass is 9.96. The molecule has 1 aliphatic heterocycles. The van der Waals surface area contributed by atoms with Crippen molar-refractivity contribution in [1.82, 2.24) is 25.0 Å². The number of carbonyl (C=O) groups is 1. The molecule has 0 saturated heterocycles. The largest absolute Gasteiger partial charge is 0.451 e. The van der Waals surface area contributed by atoms with Crippen LogP contribution in [-0.2, 0) is 19.3 Å². The van der Waals surface area contributed by atoms with E-state index in [1.165, 1.54) is 11.3 Å². The molecule has 1 aliphatic carbocycles. The van der Waals surface area contributed by atoms with Gasteiger partial charge in [0, 0.05) is 19.1 Å². The summed E-state index contributed by atoms with van der Waals surface area (Å²) in [5, 5.41) is 9.75. The molecule has 6 nitrogen and oxygen atoms in total. The molecule has 0 spiro atoms. The van der Waals surface area contributed by atoms with Crippen molar-refractivity contribution in [3.05, 3.63) is 11.6 Å². The van der Waals surface area contributed by atoms with Gasteiger partial charge in [-0.3, -0.25) is 0 Å². The summed E-state index contributed by atoms with van der Waals surface area (Å²) >= 11 is 0. The summed E-state index contributed by atoms with van der Waals surface area (Å²) in [6, 6.07) is -0.0542. The predicted molar refractivity (Wildman–Crippen MR) is 70.8 cm³/mol. The Morgan fingerprint density at radius 3 is 2.55 bits per heavy atom. The Bertz CT molecular complexity index is 550. The van der Waals surface area contributed by atoms with Crippen molar-refractivity contribution in [2.24, 2.45) is 0 Å². The molecule has 0 aromatic carbocycles. The first-order chi connectivity index (χ1) is 10.4.